The van der Waals surface area contributed by atoms with Gasteiger partial charge in [0.25, 0.3) is 0 Å². The number of hydrogen-bond donors (Lipinski definition) is 0. The Morgan fingerprint density at radius 1 is 1.00 bits per heavy atom. The minimum absolute atomic E-state index is 0.0186. The van der Waals surface area contributed by atoms with Crippen LogP contribution in [0.25, 0.3) is 0 Å². The zero-order chi connectivity index (χ0) is 18.4. The predicted octanol–water partition coefficient (Wildman–Crippen LogP) is 4.32. The smallest absolute Gasteiger partial charge is 0.306 e. The summed E-state index contributed by atoms with van der Waals surface area (Å²) in [5.74, 6) is -0.844. The number of thiophene rings is 1. The number of Topliss-reactive ketones (excluding diaryl/α,β-unsaturated/α-hetero) is 2. The zero-order valence-electron chi connectivity index (χ0n) is 14.8. The summed E-state index contributed by atoms with van der Waals surface area (Å²) in [5.41, 5.74) is 2.33. The van der Waals surface area contributed by atoms with E-state index in [0.29, 0.717) is 11.1 Å². The van der Waals surface area contributed by atoms with E-state index in [9.17, 15) is 14.4 Å². The fourth-order valence-electron chi connectivity index (χ4n) is 2.49. The summed E-state index contributed by atoms with van der Waals surface area (Å²) in [6, 6.07) is 9.09. The van der Waals surface area contributed by atoms with Gasteiger partial charge in [0, 0.05) is 27.3 Å². The monoisotopic (exact) mass is 358 g/mol. The SMILES string of the molecule is CCc1ccc(C(=O)COC(=O)CCC(=O)c2cc(C)sc2C)cc1. The molecule has 0 saturated carbocycles. The van der Waals surface area contributed by atoms with Crippen molar-refractivity contribution in [2.45, 2.75) is 40.0 Å². The Labute approximate surface area is 151 Å². The molecule has 2 rings (SSSR count). The van der Waals surface area contributed by atoms with Crippen LogP contribution < -0.4 is 0 Å². The first kappa shape index (κ1) is 19.1. The average Bonchev–Trinajstić information content (AvgIpc) is 2.96. The van der Waals surface area contributed by atoms with Crippen molar-refractivity contribution in [2.75, 3.05) is 6.61 Å². The van der Waals surface area contributed by atoms with Gasteiger partial charge in [-0.3, -0.25) is 14.4 Å². The molecule has 0 radical (unpaired) electrons. The Hall–Kier alpha value is -2.27. The van der Waals surface area contributed by atoms with Crippen molar-refractivity contribution in [3.05, 3.63) is 56.8 Å². The van der Waals surface area contributed by atoms with Crippen molar-refractivity contribution in [3.8, 4) is 0 Å². The molecule has 0 unspecified atom stereocenters. The highest BCUT2D eigenvalue weighted by atomic mass is 32.1. The van der Waals surface area contributed by atoms with E-state index in [1.807, 2.05) is 39.0 Å². The molecule has 4 nitrogen and oxygen atoms in total. The lowest BCUT2D eigenvalue weighted by Crippen LogP contribution is -2.15. The Morgan fingerprint density at radius 3 is 2.24 bits per heavy atom. The normalized spacial score (nSPS) is 10.5. The molecule has 0 amide bonds. The van der Waals surface area contributed by atoms with Crippen LogP contribution in [0.2, 0.25) is 0 Å². The molecular formula is C20H22O4S. The highest BCUT2D eigenvalue weighted by Gasteiger charge is 2.15. The molecule has 1 aromatic carbocycles. The van der Waals surface area contributed by atoms with Gasteiger partial charge in [0.15, 0.2) is 18.2 Å². The fourth-order valence-corrected chi connectivity index (χ4v) is 3.43. The maximum atomic E-state index is 12.1. The molecule has 25 heavy (non-hydrogen) atoms. The van der Waals surface area contributed by atoms with E-state index in [-0.39, 0.29) is 31.0 Å². The topological polar surface area (TPSA) is 60.4 Å². The van der Waals surface area contributed by atoms with Crippen molar-refractivity contribution < 1.29 is 19.1 Å². The summed E-state index contributed by atoms with van der Waals surface area (Å²) in [5, 5.41) is 0. The van der Waals surface area contributed by atoms with E-state index in [2.05, 4.69) is 0 Å². The Balaban J connectivity index is 1.79. The van der Waals surface area contributed by atoms with Crippen LogP contribution in [0.4, 0.5) is 0 Å². The molecule has 2 aromatic rings. The van der Waals surface area contributed by atoms with Gasteiger partial charge in [0.05, 0.1) is 6.42 Å². The highest BCUT2D eigenvalue weighted by molar-refractivity contribution is 7.12. The molecule has 5 heteroatoms. The molecule has 1 heterocycles. The van der Waals surface area contributed by atoms with Crippen molar-refractivity contribution >= 4 is 28.9 Å². The van der Waals surface area contributed by atoms with Gasteiger partial charge in [-0.15, -0.1) is 11.3 Å². The first-order valence-corrected chi connectivity index (χ1v) is 9.10. The fraction of sp³-hybridized carbons (Fsp3) is 0.350. The van der Waals surface area contributed by atoms with Crippen molar-refractivity contribution in [2.24, 2.45) is 0 Å². The van der Waals surface area contributed by atoms with Gasteiger partial charge in [-0.25, -0.2) is 0 Å². The number of rotatable bonds is 8. The quantitative estimate of drug-likeness (QED) is 0.521. The molecule has 0 aliphatic rings. The van der Waals surface area contributed by atoms with Gasteiger partial charge in [-0.05, 0) is 31.9 Å². The summed E-state index contributed by atoms with van der Waals surface area (Å²) < 4.78 is 5.00. The van der Waals surface area contributed by atoms with Crippen molar-refractivity contribution in [1.29, 1.82) is 0 Å². The van der Waals surface area contributed by atoms with Crippen LogP contribution in [-0.2, 0) is 16.0 Å². The highest BCUT2D eigenvalue weighted by Crippen LogP contribution is 2.22. The summed E-state index contributed by atoms with van der Waals surface area (Å²) >= 11 is 1.56. The van der Waals surface area contributed by atoms with Crippen molar-refractivity contribution in [1.82, 2.24) is 0 Å². The van der Waals surface area contributed by atoms with Crippen LogP contribution in [0.1, 0.15) is 55.8 Å². The molecule has 0 spiro atoms. The van der Waals surface area contributed by atoms with E-state index in [0.717, 1.165) is 21.7 Å². The van der Waals surface area contributed by atoms with E-state index >= 15 is 0 Å². The minimum Gasteiger partial charge on any atom is -0.457 e. The standard InChI is InChI=1S/C20H22O4S/c1-4-15-5-7-16(8-6-15)19(22)12-24-20(23)10-9-18(21)17-11-13(2)25-14(17)3/h5-8,11H,4,9-10,12H2,1-3H3. The predicted molar refractivity (Wildman–Crippen MR) is 98.5 cm³/mol. The lowest BCUT2D eigenvalue weighted by atomic mass is 10.1. The number of esters is 1. The third-order valence-corrected chi connectivity index (χ3v) is 4.91. The van der Waals surface area contributed by atoms with Crippen LogP contribution in [0, 0.1) is 13.8 Å². The van der Waals surface area contributed by atoms with Crippen molar-refractivity contribution in [3.63, 3.8) is 0 Å². The zero-order valence-corrected chi connectivity index (χ0v) is 15.6. The molecule has 0 saturated heterocycles. The number of benzene rings is 1. The number of carbonyl (C=O) groups is 3. The van der Waals surface area contributed by atoms with E-state index in [1.165, 1.54) is 0 Å². The van der Waals surface area contributed by atoms with Crippen LogP contribution in [0.3, 0.4) is 0 Å². The molecule has 1 aromatic heterocycles. The largest absolute Gasteiger partial charge is 0.457 e. The molecule has 0 N–H and O–H groups in total. The Bertz CT molecular complexity index is 771. The Kier molecular flexibility index (Phi) is 6.65. The second-order valence-corrected chi connectivity index (χ2v) is 7.34. The molecule has 0 bridgehead atoms. The number of carbonyl (C=O) groups excluding carboxylic acids is 3. The van der Waals surface area contributed by atoms with Crippen LogP contribution in [0.5, 0.6) is 0 Å². The number of ether oxygens (including phenoxy) is 1. The van der Waals surface area contributed by atoms with Gasteiger partial charge in [-0.2, -0.15) is 0 Å². The summed E-state index contributed by atoms with van der Waals surface area (Å²) in [6.45, 7) is 5.58. The van der Waals surface area contributed by atoms with Gasteiger partial charge < -0.3 is 4.74 Å². The third kappa shape index (κ3) is 5.36. The van der Waals surface area contributed by atoms with Gasteiger partial charge in [0.2, 0.25) is 0 Å². The molecule has 0 atom stereocenters. The summed E-state index contributed by atoms with van der Waals surface area (Å²) in [7, 11) is 0. The second kappa shape index (κ2) is 8.72. The first-order valence-electron chi connectivity index (χ1n) is 8.28. The number of ketones is 2. The number of hydrogen-bond acceptors (Lipinski definition) is 5. The lowest BCUT2D eigenvalue weighted by molar-refractivity contribution is -0.142. The van der Waals surface area contributed by atoms with Gasteiger partial charge >= 0.3 is 5.97 Å². The van der Waals surface area contributed by atoms with Gasteiger partial charge in [-0.1, -0.05) is 31.2 Å². The first-order chi connectivity index (χ1) is 11.9. The molecule has 0 aliphatic carbocycles. The van der Waals surface area contributed by atoms with E-state index in [4.69, 9.17) is 4.74 Å². The Morgan fingerprint density at radius 2 is 1.68 bits per heavy atom. The van der Waals surface area contributed by atoms with E-state index < -0.39 is 5.97 Å². The van der Waals surface area contributed by atoms with Crippen LogP contribution in [0.15, 0.2) is 30.3 Å². The minimum atomic E-state index is -0.531. The summed E-state index contributed by atoms with van der Waals surface area (Å²) in [6.07, 6.45) is 0.977. The third-order valence-electron chi connectivity index (χ3n) is 3.95. The number of aryl methyl sites for hydroxylation is 3. The van der Waals surface area contributed by atoms with Crippen LogP contribution >= 0.6 is 11.3 Å². The maximum Gasteiger partial charge on any atom is 0.306 e. The summed E-state index contributed by atoms with van der Waals surface area (Å²) in [4.78, 5) is 38.0. The molecule has 132 valence electrons. The van der Waals surface area contributed by atoms with E-state index in [1.54, 1.807) is 23.5 Å². The van der Waals surface area contributed by atoms with Crippen LogP contribution in [-0.4, -0.2) is 24.1 Å². The molecule has 0 aliphatic heterocycles. The molecular weight excluding hydrogens is 336 g/mol. The lowest BCUT2D eigenvalue weighted by Gasteiger charge is -2.05. The average molecular weight is 358 g/mol. The molecule has 0 fully saturated rings. The maximum absolute atomic E-state index is 12.1. The van der Waals surface area contributed by atoms with Gasteiger partial charge in [0.1, 0.15) is 0 Å². The second-order valence-electron chi connectivity index (χ2n) is 5.88.